The van der Waals surface area contributed by atoms with Gasteiger partial charge in [-0.15, -0.1) is 0 Å². The van der Waals surface area contributed by atoms with Gasteiger partial charge >= 0.3 is 6.09 Å². The fraction of sp³-hybridized carbons (Fsp3) is 0.615. The summed E-state index contributed by atoms with van der Waals surface area (Å²) in [6, 6.07) is 1.94. The van der Waals surface area contributed by atoms with E-state index in [1.54, 1.807) is 11.3 Å². The fourth-order valence-electron chi connectivity index (χ4n) is 2.24. The molecule has 0 saturated carbocycles. The highest BCUT2D eigenvalue weighted by molar-refractivity contribution is 7.07. The van der Waals surface area contributed by atoms with Crippen LogP contribution in [0.3, 0.4) is 0 Å². The third kappa shape index (κ3) is 3.03. The topological polar surface area (TPSA) is 53.1 Å². The van der Waals surface area contributed by atoms with E-state index in [0.29, 0.717) is 6.61 Å². The van der Waals surface area contributed by atoms with E-state index in [1.807, 2.05) is 32.2 Å². The maximum Gasteiger partial charge on any atom is 0.408 e. The Kier molecular flexibility index (Phi) is 3.64. The number of carboxylic acid groups (broad SMARTS) is 1. The van der Waals surface area contributed by atoms with Gasteiger partial charge in [-0.2, -0.15) is 11.3 Å². The van der Waals surface area contributed by atoms with Gasteiger partial charge in [-0.25, -0.2) is 4.79 Å². The van der Waals surface area contributed by atoms with Crippen LogP contribution in [-0.4, -0.2) is 40.4 Å². The van der Waals surface area contributed by atoms with Crippen molar-refractivity contribution < 1.29 is 14.6 Å². The lowest BCUT2D eigenvalue weighted by atomic mass is 9.98. The van der Waals surface area contributed by atoms with Gasteiger partial charge in [0.1, 0.15) is 6.10 Å². The minimum atomic E-state index is -0.877. The Morgan fingerprint density at radius 3 is 2.72 bits per heavy atom. The van der Waals surface area contributed by atoms with Gasteiger partial charge in [-0.05, 0) is 49.6 Å². The number of ether oxygens (including phenoxy) is 1. The van der Waals surface area contributed by atoms with Crippen LogP contribution in [0.1, 0.15) is 26.3 Å². The monoisotopic (exact) mass is 269 g/mol. The molecule has 1 unspecified atom stereocenters. The largest absolute Gasteiger partial charge is 0.465 e. The van der Waals surface area contributed by atoms with Crippen molar-refractivity contribution in [2.45, 2.75) is 44.9 Å². The summed E-state index contributed by atoms with van der Waals surface area (Å²) in [6.45, 7) is 6.42. The quantitative estimate of drug-likeness (QED) is 0.855. The first-order valence-corrected chi connectivity index (χ1v) is 6.99. The number of carbonyl (C=O) groups is 1. The van der Waals surface area contributed by atoms with Crippen LogP contribution in [0.4, 0.5) is 4.79 Å². The molecule has 1 aromatic heterocycles. The van der Waals surface area contributed by atoms with E-state index >= 15 is 0 Å². The van der Waals surface area contributed by atoms with E-state index in [2.05, 4.69) is 5.38 Å². The van der Waals surface area contributed by atoms with Gasteiger partial charge in [0.15, 0.2) is 0 Å². The van der Waals surface area contributed by atoms with E-state index in [-0.39, 0.29) is 12.1 Å². The number of epoxide rings is 1. The molecule has 1 N–H and O–H groups in total. The third-order valence-electron chi connectivity index (χ3n) is 3.07. The lowest BCUT2D eigenvalue weighted by molar-refractivity contribution is 0.0594. The predicted octanol–water partition coefficient (Wildman–Crippen LogP) is 2.84. The molecule has 18 heavy (non-hydrogen) atoms. The first kappa shape index (κ1) is 13.4. The molecule has 100 valence electrons. The van der Waals surface area contributed by atoms with Crippen LogP contribution in [0.5, 0.6) is 0 Å². The number of amides is 1. The van der Waals surface area contributed by atoms with Crippen molar-refractivity contribution in [2.75, 3.05) is 6.61 Å². The SMILES string of the molecule is CC(C)(C)N(C(=O)O)[C@@H](Cc1ccsc1)C1CO1. The van der Waals surface area contributed by atoms with Crippen LogP contribution in [0.15, 0.2) is 16.8 Å². The molecule has 5 heteroatoms. The highest BCUT2D eigenvalue weighted by Gasteiger charge is 2.43. The molecule has 0 spiro atoms. The van der Waals surface area contributed by atoms with Crippen molar-refractivity contribution >= 4 is 17.4 Å². The van der Waals surface area contributed by atoms with Crippen molar-refractivity contribution in [3.8, 4) is 0 Å². The molecule has 4 nitrogen and oxygen atoms in total. The number of thiophene rings is 1. The molecule has 1 amide bonds. The van der Waals surface area contributed by atoms with Crippen LogP contribution < -0.4 is 0 Å². The summed E-state index contributed by atoms with van der Waals surface area (Å²) in [4.78, 5) is 13.1. The van der Waals surface area contributed by atoms with Gasteiger partial charge in [-0.1, -0.05) is 0 Å². The third-order valence-corrected chi connectivity index (χ3v) is 3.81. The number of hydrogen-bond donors (Lipinski definition) is 1. The standard InChI is InChI=1S/C13H19NO3S/c1-13(2,3)14(12(15)16)10(11-7-17-11)6-9-4-5-18-8-9/h4-5,8,10-11H,6-7H2,1-3H3,(H,15,16)/t10-,11?/m0/s1. The average molecular weight is 269 g/mol. The second-order valence-electron chi connectivity index (χ2n) is 5.60. The molecule has 0 radical (unpaired) electrons. The van der Waals surface area contributed by atoms with Crippen LogP contribution in [-0.2, 0) is 11.2 Å². The summed E-state index contributed by atoms with van der Waals surface area (Å²) in [5.74, 6) is 0. The Labute approximate surface area is 111 Å². The summed E-state index contributed by atoms with van der Waals surface area (Å²) >= 11 is 1.63. The molecule has 1 aromatic rings. The summed E-state index contributed by atoms with van der Waals surface area (Å²) in [6.07, 6.45) is -0.115. The van der Waals surface area contributed by atoms with Crippen molar-refractivity contribution in [2.24, 2.45) is 0 Å². The number of rotatable bonds is 4. The van der Waals surface area contributed by atoms with Crippen LogP contribution in [0, 0.1) is 0 Å². The first-order valence-electron chi connectivity index (χ1n) is 6.04. The summed E-state index contributed by atoms with van der Waals surface area (Å²) in [7, 11) is 0. The molecule has 0 bridgehead atoms. The van der Waals surface area contributed by atoms with E-state index in [4.69, 9.17) is 4.74 Å². The van der Waals surface area contributed by atoms with Gasteiger partial charge in [0.2, 0.25) is 0 Å². The molecule has 0 aliphatic carbocycles. The summed E-state index contributed by atoms with van der Waals surface area (Å²) < 4.78 is 5.34. The molecular formula is C13H19NO3S. The van der Waals surface area contributed by atoms with Crippen LogP contribution >= 0.6 is 11.3 Å². The Hall–Kier alpha value is -1.07. The molecule has 2 atom stereocenters. The van der Waals surface area contributed by atoms with E-state index in [0.717, 1.165) is 6.42 Å². The lowest BCUT2D eigenvalue weighted by Crippen LogP contribution is -2.54. The fourth-order valence-corrected chi connectivity index (χ4v) is 2.92. The van der Waals surface area contributed by atoms with E-state index in [9.17, 15) is 9.90 Å². The van der Waals surface area contributed by atoms with Crippen LogP contribution in [0.25, 0.3) is 0 Å². The molecule has 2 rings (SSSR count). The maximum atomic E-state index is 11.5. The maximum absolute atomic E-state index is 11.5. The molecular weight excluding hydrogens is 250 g/mol. The zero-order valence-corrected chi connectivity index (χ0v) is 11.7. The van der Waals surface area contributed by atoms with E-state index in [1.165, 1.54) is 10.5 Å². The van der Waals surface area contributed by atoms with Gasteiger partial charge in [0, 0.05) is 5.54 Å². The van der Waals surface area contributed by atoms with Crippen molar-refractivity contribution in [3.05, 3.63) is 22.4 Å². The number of hydrogen-bond acceptors (Lipinski definition) is 3. The Balaban J connectivity index is 2.19. The Morgan fingerprint density at radius 2 is 2.33 bits per heavy atom. The normalized spacial score (nSPS) is 20.5. The Bertz CT molecular complexity index is 406. The number of nitrogens with zero attached hydrogens (tertiary/aromatic N) is 1. The predicted molar refractivity (Wildman–Crippen MR) is 71.2 cm³/mol. The summed E-state index contributed by atoms with van der Waals surface area (Å²) in [5.41, 5.74) is 0.759. The van der Waals surface area contributed by atoms with E-state index < -0.39 is 11.6 Å². The smallest absolute Gasteiger partial charge is 0.408 e. The summed E-state index contributed by atoms with van der Waals surface area (Å²) in [5, 5.41) is 13.5. The van der Waals surface area contributed by atoms with Gasteiger partial charge < -0.3 is 9.84 Å². The highest BCUT2D eigenvalue weighted by Crippen LogP contribution is 2.29. The van der Waals surface area contributed by atoms with Gasteiger partial charge in [0.05, 0.1) is 12.6 Å². The lowest BCUT2D eigenvalue weighted by Gasteiger charge is -2.39. The van der Waals surface area contributed by atoms with Gasteiger partial charge in [-0.3, -0.25) is 4.90 Å². The first-order chi connectivity index (χ1) is 8.39. The highest BCUT2D eigenvalue weighted by atomic mass is 32.1. The molecule has 1 aliphatic rings. The van der Waals surface area contributed by atoms with Crippen molar-refractivity contribution in [3.63, 3.8) is 0 Å². The van der Waals surface area contributed by atoms with Crippen molar-refractivity contribution in [1.29, 1.82) is 0 Å². The minimum absolute atomic E-state index is 0.0419. The second-order valence-corrected chi connectivity index (χ2v) is 6.38. The van der Waals surface area contributed by atoms with Crippen LogP contribution in [0.2, 0.25) is 0 Å². The molecule has 2 heterocycles. The molecule has 1 fully saturated rings. The molecule has 0 aromatic carbocycles. The van der Waals surface area contributed by atoms with Gasteiger partial charge in [0.25, 0.3) is 0 Å². The average Bonchev–Trinajstić information content (AvgIpc) is 2.94. The molecule has 1 saturated heterocycles. The Morgan fingerprint density at radius 1 is 1.67 bits per heavy atom. The molecule has 1 aliphatic heterocycles. The zero-order valence-electron chi connectivity index (χ0n) is 10.9. The minimum Gasteiger partial charge on any atom is -0.465 e. The second kappa shape index (κ2) is 4.90. The zero-order chi connectivity index (χ0) is 13.3. The van der Waals surface area contributed by atoms with Crippen molar-refractivity contribution in [1.82, 2.24) is 4.90 Å².